The van der Waals surface area contributed by atoms with Crippen LogP contribution in [-0.2, 0) is 0 Å². The van der Waals surface area contributed by atoms with Gasteiger partial charge in [-0.1, -0.05) is 0 Å². The van der Waals surface area contributed by atoms with Crippen LogP contribution in [0.1, 0.15) is 16.5 Å². The van der Waals surface area contributed by atoms with E-state index in [2.05, 4.69) is 37.3 Å². The maximum atomic E-state index is 13.2. The molecule has 0 spiro atoms. The van der Waals surface area contributed by atoms with Gasteiger partial charge in [-0.15, -0.1) is 11.3 Å². The minimum atomic E-state index is -0.625. The Morgan fingerprint density at radius 3 is 2.17 bits per heavy atom. The highest BCUT2D eigenvalue weighted by Crippen LogP contribution is 2.37. The van der Waals surface area contributed by atoms with E-state index >= 15 is 0 Å². The van der Waals surface area contributed by atoms with Crippen molar-refractivity contribution in [2.45, 2.75) is 6.04 Å². The third-order valence-corrected chi connectivity index (χ3v) is 5.65. The van der Waals surface area contributed by atoms with E-state index in [9.17, 15) is 8.78 Å². The molecule has 0 saturated heterocycles. The number of benzene rings is 1. The Bertz CT molecular complexity index is 534. The molecule has 2 rings (SSSR count). The Morgan fingerprint density at radius 2 is 1.72 bits per heavy atom. The molecule has 1 heterocycles. The lowest BCUT2D eigenvalue weighted by molar-refractivity contribution is 0.567. The van der Waals surface area contributed by atoms with E-state index in [1.807, 2.05) is 6.07 Å². The van der Waals surface area contributed by atoms with Crippen LogP contribution in [0.4, 0.5) is 8.78 Å². The molecule has 0 radical (unpaired) electrons. The maximum Gasteiger partial charge on any atom is 0.126 e. The van der Waals surface area contributed by atoms with Crippen molar-refractivity contribution in [1.82, 2.24) is 5.43 Å². The van der Waals surface area contributed by atoms with Gasteiger partial charge in [0.05, 0.1) is 9.83 Å². The maximum absolute atomic E-state index is 13.2. The number of nitrogens with one attached hydrogen (secondary N) is 1. The topological polar surface area (TPSA) is 38.0 Å². The Kier molecular flexibility index (Phi) is 4.50. The number of thiophene rings is 1. The Balaban J connectivity index is 2.44. The van der Waals surface area contributed by atoms with Gasteiger partial charge in [0, 0.05) is 15.4 Å². The molecule has 2 aromatic rings. The SMILES string of the molecule is NNC(c1cc(F)cc(F)c1)c1cc(Br)c(Br)s1. The minimum Gasteiger partial charge on any atom is -0.271 e. The standard InChI is InChI=1S/C11H8Br2F2N2S/c12-8-4-9(18-11(8)13)10(17-16)5-1-6(14)3-7(15)2-5/h1-4,10,17H,16H2. The van der Waals surface area contributed by atoms with Gasteiger partial charge in [-0.2, -0.15) is 0 Å². The van der Waals surface area contributed by atoms with Gasteiger partial charge in [0.1, 0.15) is 11.6 Å². The van der Waals surface area contributed by atoms with Gasteiger partial charge in [0.15, 0.2) is 0 Å². The number of halogens is 4. The molecular formula is C11H8Br2F2N2S. The number of nitrogens with two attached hydrogens (primary N) is 1. The van der Waals surface area contributed by atoms with E-state index < -0.39 is 17.7 Å². The minimum absolute atomic E-state index is 0.441. The molecule has 1 atom stereocenters. The summed E-state index contributed by atoms with van der Waals surface area (Å²) in [5, 5.41) is 0. The summed E-state index contributed by atoms with van der Waals surface area (Å²) in [6, 6.07) is 4.74. The van der Waals surface area contributed by atoms with Crippen LogP contribution in [0.25, 0.3) is 0 Å². The summed E-state index contributed by atoms with van der Waals surface area (Å²) < 4.78 is 28.2. The largest absolute Gasteiger partial charge is 0.271 e. The van der Waals surface area contributed by atoms with E-state index in [0.717, 1.165) is 19.2 Å². The fraction of sp³-hybridized carbons (Fsp3) is 0.0909. The summed E-state index contributed by atoms with van der Waals surface area (Å²) in [6.45, 7) is 0. The fourth-order valence-corrected chi connectivity index (χ4v) is 3.77. The van der Waals surface area contributed by atoms with Crippen molar-refractivity contribution >= 4 is 43.2 Å². The van der Waals surface area contributed by atoms with Crippen LogP contribution >= 0.6 is 43.2 Å². The van der Waals surface area contributed by atoms with Gasteiger partial charge in [0.2, 0.25) is 0 Å². The van der Waals surface area contributed by atoms with Crippen molar-refractivity contribution in [1.29, 1.82) is 0 Å². The second-order valence-corrected chi connectivity index (χ2v) is 6.83. The first-order chi connectivity index (χ1) is 8.51. The average Bonchev–Trinajstić information content (AvgIpc) is 2.58. The summed E-state index contributed by atoms with van der Waals surface area (Å²) in [5.41, 5.74) is 3.01. The van der Waals surface area contributed by atoms with Crippen LogP contribution in [0.3, 0.4) is 0 Å². The molecule has 0 aliphatic heterocycles. The summed E-state index contributed by atoms with van der Waals surface area (Å²) in [6.07, 6.45) is 0. The van der Waals surface area contributed by atoms with E-state index in [1.54, 1.807) is 0 Å². The molecular weight excluding hydrogens is 390 g/mol. The van der Waals surface area contributed by atoms with E-state index in [-0.39, 0.29) is 0 Å². The molecule has 0 bridgehead atoms. The molecule has 96 valence electrons. The highest BCUT2D eigenvalue weighted by molar-refractivity contribution is 9.13. The molecule has 7 heteroatoms. The number of hydrogen-bond acceptors (Lipinski definition) is 3. The third kappa shape index (κ3) is 2.97. The van der Waals surface area contributed by atoms with E-state index in [4.69, 9.17) is 5.84 Å². The lowest BCUT2D eigenvalue weighted by Crippen LogP contribution is -2.28. The first kappa shape index (κ1) is 14.1. The van der Waals surface area contributed by atoms with Crippen LogP contribution in [0, 0.1) is 11.6 Å². The fourth-order valence-electron chi connectivity index (χ4n) is 1.59. The number of hydrazine groups is 1. The average molecular weight is 398 g/mol. The highest BCUT2D eigenvalue weighted by Gasteiger charge is 2.18. The molecule has 0 fully saturated rings. The van der Waals surface area contributed by atoms with Gasteiger partial charge in [-0.3, -0.25) is 5.84 Å². The van der Waals surface area contributed by atoms with Crippen LogP contribution in [0.5, 0.6) is 0 Å². The van der Waals surface area contributed by atoms with Gasteiger partial charge >= 0.3 is 0 Å². The van der Waals surface area contributed by atoms with Crippen molar-refractivity contribution in [3.05, 3.63) is 54.6 Å². The molecule has 0 amide bonds. The van der Waals surface area contributed by atoms with Crippen LogP contribution < -0.4 is 11.3 Å². The molecule has 0 aliphatic carbocycles. The predicted octanol–water partition coefficient (Wildman–Crippen LogP) is 4.10. The zero-order chi connectivity index (χ0) is 13.3. The molecule has 1 aromatic carbocycles. The first-order valence-electron chi connectivity index (χ1n) is 4.88. The second kappa shape index (κ2) is 5.75. The van der Waals surface area contributed by atoms with Gasteiger partial charge in [-0.25, -0.2) is 14.2 Å². The first-order valence-corrected chi connectivity index (χ1v) is 7.28. The lowest BCUT2D eigenvalue weighted by Gasteiger charge is -2.14. The molecule has 3 N–H and O–H groups in total. The van der Waals surface area contributed by atoms with Gasteiger partial charge < -0.3 is 0 Å². The number of hydrogen-bond donors (Lipinski definition) is 2. The summed E-state index contributed by atoms with van der Waals surface area (Å²) in [5.74, 6) is 4.23. The quantitative estimate of drug-likeness (QED) is 0.604. The molecule has 1 aromatic heterocycles. The summed E-state index contributed by atoms with van der Waals surface area (Å²) >= 11 is 8.17. The van der Waals surface area contributed by atoms with E-state index in [1.165, 1.54) is 23.5 Å². The predicted molar refractivity (Wildman–Crippen MR) is 75.2 cm³/mol. The zero-order valence-corrected chi connectivity index (χ0v) is 12.9. The van der Waals surface area contributed by atoms with Crippen molar-refractivity contribution in [2.75, 3.05) is 0 Å². The molecule has 0 saturated carbocycles. The molecule has 2 nitrogen and oxygen atoms in total. The summed E-state index contributed by atoms with van der Waals surface area (Å²) in [7, 11) is 0. The van der Waals surface area contributed by atoms with Gasteiger partial charge in [0.25, 0.3) is 0 Å². The Labute approximate surface area is 123 Å². The lowest BCUT2D eigenvalue weighted by atomic mass is 10.1. The summed E-state index contributed by atoms with van der Waals surface area (Å²) in [4.78, 5) is 0.848. The third-order valence-electron chi connectivity index (χ3n) is 2.33. The number of rotatable bonds is 3. The second-order valence-electron chi connectivity index (χ2n) is 3.57. The Morgan fingerprint density at radius 1 is 1.11 bits per heavy atom. The van der Waals surface area contributed by atoms with Crippen molar-refractivity contribution in [3.63, 3.8) is 0 Å². The van der Waals surface area contributed by atoms with Crippen molar-refractivity contribution in [3.8, 4) is 0 Å². The molecule has 1 unspecified atom stereocenters. The van der Waals surface area contributed by atoms with Crippen molar-refractivity contribution in [2.24, 2.45) is 5.84 Å². The van der Waals surface area contributed by atoms with Gasteiger partial charge in [-0.05, 0) is 55.6 Å². The van der Waals surface area contributed by atoms with Crippen molar-refractivity contribution < 1.29 is 8.78 Å². The van der Waals surface area contributed by atoms with Crippen LogP contribution in [0.2, 0.25) is 0 Å². The Hall–Kier alpha value is -0.340. The monoisotopic (exact) mass is 396 g/mol. The smallest absolute Gasteiger partial charge is 0.126 e. The molecule has 18 heavy (non-hydrogen) atoms. The normalized spacial score (nSPS) is 12.7. The van der Waals surface area contributed by atoms with E-state index in [0.29, 0.717) is 5.56 Å². The highest BCUT2D eigenvalue weighted by atomic mass is 79.9. The zero-order valence-electron chi connectivity index (χ0n) is 8.88. The van der Waals surface area contributed by atoms with Crippen LogP contribution in [-0.4, -0.2) is 0 Å². The molecule has 0 aliphatic rings. The van der Waals surface area contributed by atoms with Crippen LogP contribution in [0.15, 0.2) is 32.5 Å².